The molecule has 1 saturated heterocycles. The van der Waals surface area contributed by atoms with Crippen molar-refractivity contribution < 1.29 is 4.79 Å². The summed E-state index contributed by atoms with van der Waals surface area (Å²) in [5.74, 6) is 2.11. The predicted octanol–water partition coefficient (Wildman–Crippen LogP) is 4.93. The summed E-state index contributed by atoms with van der Waals surface area (Å²) >= 11 is 0. The monoisotopic (exact) mass is 407 g/mol. The van der Waals surface area contributed by atoms with Crippen molar-refractivity contribution in [2.75, 3.05) is 33.2 Å². The van der Waals surface area contributed by atoms with Gasteiger partial charge in [0.15, 0.2) is 0 Å². The van der Waals surface area contributed by atoms with Crippen LogP contribution < -0.4 is 5.32 Å². The molecule has 1 heterocycles. The average Bonchev–Trinajstić information content (AvgIpc) is 2.64. The summed E-state index contributed by atoms with van der Waals surface area (Å²) in [5.41, 5.74) is 0.608. The second kappa shape index (κ2) is 10.6. The van der Waals surface area contributed by atoms with Crippen LogP contribution in [0.25, 0.3) is 0 Å². The molecule has 1 N–H and O–H groups in total. The van der Waals surface area contributed by atoms with Gasteiger partial charge in [-0.15, -0.1) is 0 Å². The molecule has 2 fully saturated rings. The zero-order valence-electron chi connectivity index (χ0n) is 20.5. The minimum atomic E-state index is 0.133. The van der Waals surface area contributed by atoms with Gasteiger partial charge in [-0.3, -0.25) is 4.79 Å². The Kier molecular flexibility index (Phi) is 9.03. The fourth-order valence-electron chi connectivity index (χ4n) is 5.15. The molecule has 4 heteroatoms. The van der Waals surface area contributed by atoms with Crippen LogP contribution in [0.3, 0.4) is 0 Å². The summed E-state index contributed by atoms with van der Waals surface area (Å²) in [6, 6.07) is 0.436. The highest BCUT2D eigenvalue weighted by Crippen LogP contribution is 2.40. The van der Waals surface area contributed by atoms with Crippen molar-refractivity contribution >= 4 is 5.91 Å². The van der Waals surface area contributed by atoms with E-state index in [2.05, 4.69) is 51.8 Å². The number of amides is 1. The Morgan fingerprint density at radius 1 is 0.966 bits per heavy atom. The first-order valence-corrected chi connectivity index (χ1v) is 12.2. The second-order valence-corrected chi connectivity index (χ2v) is 11.9. The molecule has 1 aliphatic carbocycles. The summed E-state index contributed by atoms with van der Waals surface area (Å²) in [6.45, 7) is 18.2. The van der Waals surface area contributed by atoms with Gasteiger partial charge in [0, 0.05) is 44.7 Å². The molecule has 0 aromatic rings. The van der Waals surface area contributed by atoms with Gasteiger partial charge in [0.2, 0.25) is 5.91 Å². The highest BCUT2D eigenvalue weighted by atomic mass is 16.2. The van der Waals surface area contributed by atoms with E-state index in [-0.39, 0.29) is 5.54 Å². The molecule has 0 aromatic carbocycles. The van der Waals surface area contributed by atoms with Gasteiger partial charge in [-0.05, 0) is 89.5 Å². The Bertz CT molecular complexity index is 489. The second-order valence-electron chi connectivity index (χ2n) is 11.9. The first-order valence-electron chi connectivity index (χ1n) is 12.2. The lowest BCUT2D eigenvalue weighted by Crippen LogP contribution is -2.47. The summed E-state index contributed by atoms with van der Waals surface area (Å²) in [6.07, 6.45) is 9.50. The van der Waals surface area contributed by atoms with E-state index in [0.29, 0.717) is 23.8 Å². The third-order valence-corrected chi connectivity index (χ3v) is 7.31. The van der Waals surface area contributed by atoms with E-state index in [0.717, 1.165) is 50.7 Å². The third-order valence-electron chi connectivity index (χ3n) is 7.31. The molecule has 1 aliphatic heterocycles. The highest BCUT2D eigenvalue weighted by molar-refractivity contribution is 5.76. The van der Waals surface area contributed by atoms with Crippen molar-refractivity contribution in [3.8, 4) is 0 Å². The van der Waals surface area contributed by atoms with Gasteiger partial charge in [0.25, 0.3) is 0 Å². The van der Waals surface area contributed by atoms with E-state index in [1.807, 2.05) is 11.9 Å². The van der Waals surface area contributed by atoms with E-state index < -0.39 is 0 Å². The predicted molar refractivity (Wildman–Crippen MR) is 124 cm³/mol. The molecular formula is C25H49N3O. The van der Waals surface area contributed by atoms with Gasteiger partial charge >= 0.3 is 0 Å². The summed E-state index contributed by atoms with van der Waals surface area (Å²) in [5, 5.41) is 3.47. The maximum absolute atomic E-state index is 12.6. The number of carbonyl (C=O) groups excluding carboxylic acids is 1. The Morgan fingerprint density at radius 2 is 1.55 bits per heavy atom. The van der Waals surface area contributed by atoms with Gasteiger partial charge in [0.1, 0.15) is 0 Å². The summed E-state index contributed by atoms with van der Waals surface area (Å²) in [7, 11) is 2.02. The molecule has 0 spiro atoms. The number of rotatable bonds is 7. The number of likely N-dealkylation sites (tertiary alicyclic amines) is 1. The minimum Gasteiger partial charge on any atom is -0.343 e. The van der Waals surface area contributed by atoms with Crippen LogP contribution in [0.4, 0.5) is 0 Å². The van der Waals surface area contributed by atoms with Crippen LogP contribution in [0.2, 0.25) is 0 Å². The summed E-state index contributed by atoms with van der Waals surface area (Å²) < 4.78 is 0. The molecule has 0 radical (unpaired) electrons. The molecule has 2 rings (SSSR count). The van der Waals surface area contributed by atoms with Crippen LogP contribution in [0, 0.1) is 17.3 Å². The van der Waals surface area contributed by atoms with E-state index in [1.165, 1.54) is 32.2 Å². The van der Waals surface area contributed by atoms with Gasteiger partial charge in [-0.25, -0.2) is 0 Å². The molecule has 2 aliphatic rings. The molecular weight excluding hydrogens is 358 g/mol. The quantitative estimate of drug-likeness (QED) is 0.608. The van der Waals surface area contributed by atoms with Gasteiger partial charge < -0.3 is 15.1 Å². The Hall–Kier alpha value is -0.610. The third kappa shape index (κ3) is 8.57. The number of piperidine rings is 1. The molecule has 1 amide bonds. The Balaban J connectivity index is 1.64. The van der Waals surface area contributed by atoms with Crippen molar-refractivity contribution in [2.24, 2.45) is 17.3 Å². The van der Waals surface area contributed by atoms with E-state index in [4.69, 9.17) is 0 Å². The summed E-state index contributed by atoms with van der Waals surface area (Å²) in [4.78, 5) is 17.3. The number of hydrogen-bond donors (Lipinski definition) is 1. The lowest BCUT2D eigenvalue weighted by molar-refractivity contribution is -0.133. The van der Waals surface area contributed by atoms with E-state index in [9.17, 15) is 4.79 Å². The molecule has 170 valence electrons. The number of nitrogens with one attached hydrogen (secondary N) is 1. The van der Waals surface area contributed by atoms with Crippen LogP contribution >= 0.6 is 0 Å². The maximum atomic E-state index is 12.6. The van der Waals surface area contributed by atoms with Crippen molar-refractivity contribution in [3.63, 3.8) is 0 Å². The number of nitrogens with zero attached hydrogens (tertiary/aromatic N) is 2. The first kappa shape index (κ1) is 24.7. The van der Waals surface area contributed by atoms with E-state index in [1.54, 1.807) is 0 Å². The number of hydrogen-bond acceptors (Lipinski definition) is 3. The normalized spacial score (nSPS) is 25.2. The van der Waals surface area contributed by atoms with Crippen LogP contribution in [-0.4, -0.2) is 60.5 Å². The highest BCUT2D eigenvalue weighted by Gasteiger charge is 2.31. The van der Waals surface area contributed by atoms with Gasteiger partial charge in [-0.1, -0.05) is 20.8 Å². The largest absolute Gasteiger partial charge is 0.343 e. The fourth-order valence-corrected chi connectivity index (χ4v) is 5.15. The van der Waals surface area contributed by atoms with Crippen LogP contribution in [0.15, 0.2) is 0 Å². The van der Waals surface area contributed by atoms with E-state index >= 15 is 0 Å². The standard InChI is InChI=1S/C25H49N3O/c1-24(2,3)21-12-10-20(11-13-21)19-28-17-14-22(15-18-28)27(7)23(29)9-8-16-26-25(4,5)6/h20-22,26H,8-19H2,1-7H3. The molecule has 4 nitrogen and oxygen atoms in total. The average molecular weight is 408 g/mol. The van der Waals surface area contributed by atoms with Crippen LogP contribution in [0.5, 0.6) is 0 Å². The van der Waals surface area contributed by atoms with Crippen molar-refractivity contribution in [1.29, 1.82) is 0 Å². The maximum Gasteiger partial charge on any atom is 0.222 e. The molecule has 0 unspecified atom stereocenters. The molecule has 1 saturated carbocycles. The van der Waals surface area contributed by atoms with Crippen LogP contribution in [-0.2, 0) is 4.79 Å². The van der Waals surface area contributed by atoms with Crippen LogP contribution in [0.1, 0.15) is 92.9 Å². The van der Waals surface area contributed by atoms with Crippen molar-refractivity contribution in [1.82, 2.24) is 15.1 Å². The molecule has 0 bridgehead atoms. The smallest absolute Gasteiger partial charge is 0.222 e. The van der Waals surface area contributed by atoms with Gasteiger partial charge in [0.05, 0.1) is 0 Å². The van der Waals surface area contributed by atoms with Crippen molar-refractivity contribution in [3.05, 3.63) is 0 Å². The molecule has 29 heavy (non-hydrogen) atoms. The number of carbonyl (C=O) groups is 1. The zero-order valence-corrected chi connectivity index (χ0v) is 20.5. The lowest BCUT2D eigenvalue weighted by atomic mass is 9.70. The topological polar surface area (TPSA) is 35.6 Å². The van der Waals surface area contributed by atoms with Crippen molar-refractivity contribution in [2.45, 2.75) is 104 Å². The first-order chi connectivity index (χ1) is 13.5. The Morgan fingerprint density at radius 3 is 2.07 bits per heavy atom. The zero-order chi connectivity index (χ0) is 21.7. The SMILES string of the molecule is CN(C(=O)CCCNC(C)(C)C)C1CCN(CC2CCC(C(C)(C)C)CC2)CC1. The minimum absolute atomic E-state index is 0.133. The van der Waals surface area contributed by atoms with Gasteiger partial charge in [-0.2, -0.15) is 0 Å². The lowest BCUT2D eigenvalue weighted by Gasteiger charge is -2.41. The fraction of sp³-hybridized carbons (Fsp3) is 0.960. The Labute approximate surface area is 181 Å². The molecule has 0 atom stereocenters. The molecule has 0 aromatic heterocycles.